The smallest absolute Gasteiger partial charge is 0.226 e. The third kappa shape index (κ3) is 3.56. The standard InChI is InChI=1S/C25H30N4OS/c1-25(2,28(4)23(30)22-18-14-27(3)15-19(18)22)24-26-13-20-21(11-8-12-29(20)24)31-16-17-9-6-5-7-10-17/h5-13,18-19,22H,14-16H2,1-4H3/t18-,19+,22?. The lowest BCUT2D eigenvalue weighted by Crippen LogP contribution is -2.45. The Hall–Kier alpha value is -2.31. The number of pyridine rings is 1. The van der Waals surface area contributed by atoms with E-state index in [0.29, 0.717) is 11.8 Å². The van der Waals surface area contributed by atoms with E-state index in [1.165, 1.54) is 10.5 Å². The zero-order valence-electron chi connectivity index (χ0n) is 18.7. The monoisotopic (exact) mass is 434 g/mol. The predicted molar refractivity (Wildman–Crippen MR) is 125 cm³/mol. The first-order chi connectivity index (χ1) is 14.9. The number of rotatable bonds is 6. The van der Waals surface area contributed by atoms with Crippen molar-refractivity contribution in [2.45, 2.75) is 30.0 Å². The minimum Gasteiger partial charge on any atom is -0.333 e. The average molecular weight is 435 g/mol. The van der Waals surface area contributed by atoms with Crippen LogP contribution in [-0.4, -0.2) is 52.3 Å². The van der Waals surface area contributed by atoms with Gasteiger partial charge < -0.3 is 14.2 Å². The van der Waals surface area contributed by atoms with Crippen LogP contribution in [0.1, 0.15) is 25.2 Å². The van der Waals surface area contributed by atoms with E-state index in [1.54, 1.807) is 0 Å². The van der Waals surface area contributed by atoms with E-state index in [9.17, 15) is 4.79 Å². The highest BCUT2D eigenvalue weighted by atomic mass is 32.2. The van der Waals surface area contributed by atoms with E-state index < -0.39 is 5.54 Å². The molecule has 1 aromatic carbocycles. The Morgan fingerprint density at radius 2 is 1.87 bits per heavy atom. The van der Waals surface area contributed by atoms with Crippen molar-refractivity contribution in [3.63, 3.8) is 0 Å². The second-order valence-electron chi connectivity index (χ2n) is 9.51. The Morgan fingerprint density at radius 3 is 2.58 bits per heavy atom. The maximum atomic E-state index is 13.3. The number of thioether (sulfide) groups is 1. The summed E-state index contributed by atoms with van der Waals surface area (Å²) in [7, 11) is 4.08. The van der Waals surface area contributed by atoms with Gasteiger partial charge in [-0.1, -0.05) is 30.3 Å². The number of benzene rings is 1. The van der Waals surface area contributed by atoms with E-state index in [-0.39, 0.29) is 11.8 Å². The van der Waals surface area contributed by atoms with Gasteiger partial charge in [0.15, 0.2) is 0 Å². The van der Waals surface area contributed by atoms with Crippen LogP contribution >= 0.6 is 11.8 Å². The SMILES string of the molecule is CN1C[C@@H]2C(C(=O)N(C)C(C)(C)c3ncc4c(SCc5ccccc5)cccn34)[C@@H]2C1. The highest BCUT2D eigenvalue weighted by Crippen LogP contribution is 2.52. The minimum absolute atomic E-state index is 0.184. The zero-order chi connectivity index (χ0) is 21.8. The van der Waals surface area contributed by atoms with Crippen LogP contribution in [0.4, 0.5) is 0 Å². The number of likely N-dealkylation sites (tertiary alicyclic amines) is 1. The molecule has 1 aliphatic carbocycles. The number of carbonyl (C=O) groups excluding carboxylic acids is 1. The maximum Gasteiger partial charge on any atom is 0.226 e. The quantitative estimate of drug-likeness (QED) is 0.547. The Morgan fingerprint density at radius 1 is 1.16 bits per heavy atom. The van der Waals surface area contributed by atoms with Crippen LogP contribution in [0, 0.1) is 17.8 Å². The van der Waals surface area contributed by atoms with Crippen molar-refractivity contribution in [1.29, 1.82) is 0 Å². The van der Waals surface area contributed by atoms with Crippen LogP contribution in [0.2, 0.25) is 0 Å². The lowest BCUT2D eigenvalue weighted by atomic mass is 10.0. The first-order valence-corrected chi connectivity index (χ1v) is 12.0. The number of hydrogen-bond acceptors (Lipinski definition) is 4. The normalized spacial score (nSPS) is 23.2. The molecule has 6 heteroatoms. The molecule has 2 aliphatic rings. The van der Waals surface area contributed by atoms with Gasteiger partial charge in [0.2, 0.25) is 5.91 Å². The maximum absolute atomic E-state index is 13.3. The molecule has 162 valence electrons. The summed E-state index contributed by atoms with van der Waals surface area (Å²) < 4.78 is 2.15. The fraction of sp³-hybridized carbons (Fsp3) is 0.440. The summed E-state index contributed by atoms with van der Waals surface area (Å²) >= 11 is 1.82. The second kappa shape index (κ2) is 7.68. The second-order valence-corrected chi connectivity index (χ2v) is 10.5. The fourth-order valence-corrected chi connectivity index (χ4v) is 6.05. The molecule has 2 aromatic heterocycles. The molecule has 5 nitrogen and oxygen atoms in total. The van der Waals surface area contributed by atoms with Gasteiger partial charge in [-0.2, -0.15) is 0 Å². The van der Waals surface area contributed by atoms with Crippen molar-refractivity contribution in [2.24, 2.45) is 17.8 Å². The van der Waals surface area contributed by atoms with Crippen molar-refractivity contribution in [3.8, 4) is 0 Å². The molecule has 3 atom stereocenters. The summed E-state index contributed by atoms with van der Waals surface area (Å²) in [6.45, 7) is 6.30. The molecule has 3 aromatic rings. The number of amides is 1. The zero-order valence-corrected chi connectivity index (χ0v) is 19.5. The van der Waals surface area contributed by atoms with Crippen molar-refractivity contribution >= 4 is 23.2 Å². The molecule has 0 radical (unpaired) electrons. The molecule has 2 fully saturated rings. The molecule has 1 saturated carbocycles. The Labute approximate surface area is 188 Å². The van der Waals surface area contributed by atoms with Gasteiger partial charge >= 0.3 is 0 Å². The number of aromatic nitrogens is 2. The third-order valence-corrected chi connectivity index (χ3v) is 8.28. The molecule has 0 bridgehead atoms. The average Bonchev–Trinajstić information content (AvgIpc) is 3.09. The van der Waals surface area contributed by atoms with Crippen molar-refractivity contribution in [1.82, 2.24) is 19.2 Å². The molecule has 0 spiro atoms. The third-order valence-electron chi connectivity index (χ3n) is 7.15. The number of imidazole rings is 1. The topological polar surface area (TPSA) is 40.9 Å². The summed E-state index contributed by atoms with van der Waals surface area (Å²) in [6.07, 6.45) is 4.01. The molecule has 0 N–H and O–H groups in total. The van der Waals surface area contributed by atoms with Gasteiger partial charge in [-0.25, -0.2) is 4.98 Å². The molecular weight excluding hydrogens is 404 g/mol. The minimum atomic E-state index is -0.491. The molecular formula is C25H30N4OS. The van der Waals surface area contributed by atoms with E-state index in [0.717, 1.165) is 30.2 Å². The summed E-state index contributed by atoms with van der Waals surface area (Å²) in [6, 6.07) is 14.7. The molecule has 1 saturated heterocycles. The van der Waals surface area contributed by atoms with Gasteiger partial charge in [0.25, 0.3) is 0 Å². The Kier molecular flexibility index (Phi) is 5.10. The number of fused-ring (bicyclic) bond motifs is 2. The van der Waals surface area contributed by atoms with Gasteiger partial charge in [-0.05, 0) is 50.4 Å². The molecule has 1 amide bonds. The van der Waals surface area contributed by atoms with E-state index >= 15 is 0 Å². The van der Waals surface area contributed by atoms with Crippen LogP contribution in [0.5, 0.6) is 0 Å². The van der Waals surface area contributed by atoms with E-state index in [1.807, 2.05) is 36.0 Å². The fourth-order valence-electron chi connectivity index (χ4n) is 5.06. The number of piperidine rings is 1. The summed E-state index contributed by atoms with van der Waals surface area (Å²) in [5, 5.41) is 0. The van der Waals surface area contributed by atoms with Crippen LogP contribution < -0.4 is 0 Å². The van der Waals surface area contributed by atoms with Crippen LogP contribution in [0.3, 0.4) is 0 Å². The predicted octanol–water partition coefficient (Wildman–Crippen LogP) is 4.13. The highest BCUT2D eigenvalue weighted by molar-refractivity contribution is 7.98. The van der Waals surface area contributed by atoms with Crippen molar-refractivity contribution in [3.05, 3.63) is 66.2 Å². The lowest BCUT2D eigenvalue weighted by Gasteiger charge is -2.35. The molecule has 3 heterocycles. The van der Waals surface area contributed by atoms with E-state index in [4.69, 9.17) is 4.98 Å². The van der Waals surface area contributed by atoms with Gasteiger partial charge in [0, 0.05) is 42.9 Å². The summed E-state index contributed by atoms with van der Waals surface area (Å²) in [5.74, 6) is 3.34. The number of carbonyl (C=O) groups is 1. The van der Waals surface area contributed by atoms with Crippen molar-refractivity contribution in [2.75, 3.05) is 27.2 Å². The van der Waals surface area contributed by atoms with Gasteiger partial charge in [-0.15, -0.1) is 11.8 Å². The first-order valence-electron chi connectivity index (χ1n) is 11.0. The number of nitrogens with zero attached hydrogens (tertiary/aromatic N) is 4. The lowest BCUT2D eigenvalue weighted by molar-refractivity contribution is -0.137. The van der Waals surface area contributed by atoms with Gasteiger partial charge in [0.05, 0.1) is 17.3 Å². The van der Waals surface area contributed by atoms with Crippen molar-refractivity contribution < 1.29 is 4.79 Å². The highest BCUT2D eigenvalue weighted by Gasteiger charge is 2.60. The van der Waals surface area contributed by atoms with Gasteiger partial charge in [-0.3, -0.25) is 4.79 Å². The van der Waals surface area contributed by atoms with Gasteiger partial charge in [0.1, 0.15) is 5.82 Å². The summed E-state index contributed by atoms with van der Waals surface area (Å²) in [4.78, 5) is 23.6. The molecule has 1 aliphatic heterocycles. The molecule has 5 rings (SSSR count). The largest absolute Gasteiger partial charge is 0.333 e. The molecule has 31 heavy (non-hydrogen) atoms. The van der Waals surface area contributed by atoms with E-state index in [2.05, 4.69) is 72.8 Å². The summed E-state index contributed by atoms with van der Waals surface area (Å²) in [5.41, 5.74) is 1.91. The van der Waals surface area contributed by atoms with Crippen LogP contribution in [0.15, 0.2) is 59.8 Å². The number of hydrogen-bond donors (Lipinski definition) is 0. The molecule has 1 unspecified atom stereocenters. The Balaban J connectivity index is 1.37. The van der Waals surface area contributed by atoms with Crippen LogP contribution in [0.25, 0.3) is 5.52 Å². The Bertz CT molecular complexity index is 1100. The van der Waals surface area contributed by atoms with Crippen LogP contribution in [-0.2, 0) is 16.1 Å². The first kappa shape index (κ1) is 20.6.